The fourth-order valence-electron chi connectivity index (χ4n) is 4.14. The first-order valence-electron chi connectivity index (χ1n) is 13.0. The van der Waals surface area contributed by atoms with E-state index < -0.39 is 60.4 Å². The summed E-state index contributed by atoms with van der Waals surface area (Å²) in [5, 5.41) is 33.5. The molecule has 19 heteroatoms. The van der Waals surface area contributed by atoms with E-state index in [2.05, 4.69) is 20.0 Å². The number of carbonyl (C=O) groups excluding carboxylic acids is 1. The molecule has 44 heavy (non-hydrogen) atoms. The highest BCUT2D eigenvalue weighted by molar-refractivity contribution is 8.13. The van der Waals surface area contributed by atoms with Crippen LogP contribution in [0.4, 0.5) is 5.95 Å². The minimum absolute atomic E-state index is 0. The van der Waals surface area contributed by atoms with Gasteiger partial charge in [-0.3, -0.25) is 33.0 Å². The number of hydrogen-bond donors (Lipinski definition) is 6. The number of aliphatic hydroxyl groups is 2. The molecule has 1 aliphatic heterocycles. The van der Waals surface area contributed by atoms with E-state index in [4.69, 9.17) is 19.5 Å². The van der Waals surface area contributed by atoms with E-state index in [1.165, 1.54) is 31.7 Å². The molecule has 0 spiro atoms. The number of carboxylic acid groups (broad SMARTS) is 1. The molecule has 3 heterocycles. The maximum atomic E-state index is 13.7. The Morgan fingerprint density at radius 1 is 1.30 bits per heavy atom. The van der Waals surface area contributed by atoms with Crippen LogP contribution in [-0.2, 0) is 34.5 Å². The van der Waals surface area contributed by atoms with E-state index in [-0.39, 0.29) is 49.5 Å². The number of carbonyl (C=O) groups is 2. The lowest BCUT2D eigenvalue weighted by Crippen LogP contribution is -2.44. The van der Waals surface area contributed by atoms with Crippen molar-refractivity contribution in [2.45, 2.75) is 51.4 Å². The standard InChI is InChI=1S/C25H33N6O10PS.H2S/c1-24(2,21(34)35)22(36)43-10-9-39-42(38,28-11-14-7-5-4-6-8-14)40-12-15-17(32)25(3,37)20(41-15)31-13-27-16-18(31)29-23(26)30-19(16)33;/h4-8,13,15,17,20,32,37H,9-12H2,1-3H3,(H,28,38)(H,34,35)(H3,26,29,30,33);1H2/t15?,17-,20-,25-,42?;/m1./s1. The van der Waals surface area contributed by atoms with E-state index in [1.54, 1.807) is 24.3 Å². The molecule has 1 aromatic carbocycles. The molecule has 7 N–H and O–H groups in total. The summed E-state index contributed by atoms with van der Waals surface area (Å²) in [4.78, 5) is 46.2. The number of benzene rings is 1. The van der Waals surface area contributed by atoms with Crippen LogP contribution in [0.25, 0.3) is 11.2 Å². The third-order valence-electron chi connectivity index (χ3n) is 6.81. The van der Waals surface area contributed by atoms with Crippen LogP contribution < -0.4 is 16.4 Å². The smallest absolute Gasteiger partial charge is 0.405 e. The van der Waals surface area contributed by atoms with Crippen molar-refractivity contribution in [3.05, 3.63) is 52.6 Å². The van der Waals surface area contributed by atoms with Gasteiger partial charge in [0.05, 0.1) is 19.5 Å². The van der Waals surface area contributed by atoms with Gasteiger partial charge < -0.3 is 25.8 Å². The minimum atomic E-state index is -4.11. The lowest BCUT2D eigenvalue weighted by atomic mass is 9.96. The third-order valence-corrected chi connectivity index (χ3v) is 9.51. The number of aromatic nitrogens is 4. The largest absolute Gasteiger partial charge is 0.480 e. The van der Waals surface area contributed by atoms with Gasteiger partial charge >= 0.3 is 13.7 Å². The van der Waals surface area contributed by atoms with Gasteiger partial charge in [-0.05, 0) is 26.3 Å². The topological polar surface area (TPSA) is 241 Å². The molecule has 5 atom stereocenters. The summed E-state index contributed by atoms with van der Waals surface area (Å²) < 4.78 is 32.0. The molecule has 4 rings (SSSR count). The van der Waals surface area contributed by atoms with Crippen molar-refractivity contribution in [1.29, 1.82) is 0 Å². The fraction of sp³-hybridized carbons (Fsp3) is 0.480. The molecule has 0 amide bonds. The maximum absolute atomic E-state index is 13.7. The number of H-pyrrole nitrogens is 1. The summed E-state index contributed by atoms with van der Waals surface area (Å²) in [6, 6.07) is 8.96. The Labute approximate surface area is 262 Å². The molecule has 16 nitrogen and oxygen atoms in total. The van der Waals surface area contributed by atoms with Gasteiger partial charge in [0.25, 0.3) is 5.56 Å². The molecule has 1 fully saturated rings. The van der Waals surface area contributed by atoms with Crippen LogP contribution in [0.2, 0.25) is 0 Å². The normalized spacial score (nSPS) is 23.2. The van der Waals surface area contributed by atoms with Crippen LogP contribution in [0.5, 0.6) is 0 Å². The van der Waals surface area contributed by atoms with Crippen LogP contribution >= 0.6 is 33.0 Å². The SMILES string of the molecule is CC(C)(C(=O)O)C(=O)SCCOP(=O)(NCc1ccccc1)OCC1O[C@@H](n2cnc3c(=O)[nH]c(N)nc32)[C@](C)(O)[C@@H]1O.S. The highest BCUT2D eigenvalue weighted by atomic mass is 32.2. The van der Waals surface area contributed by atoms with E-state index in [0.717, 1.165) is 17.3 Å². The predicted molar refractivity (Wildman–Crippen MR) is 165 cm³/mol. The molecular formula is C25H35N6O10PS2. The highest BCUT2D eigenvalue weighted by Gasteiger charge is 2.54. The number of aliphatic carboxylic acids is 1. The van der Waals surface area contributed by atoms with Crippen LogP contribution in [-0.4, -0.2) is 82.7 Å². The number of imidazole rings is 1. The van der Waals surface area contributed by atoms with Crippen molar-refractivity contribution >= 4 is 61.2 Å². The Bertz CT molecular complexity index is 1580. The van der Waals surface area contributed by atoms with Crippen LogP contribution in [0, 0.1) is 5.41 Å². The number of nitrogens with two attached hydrogens (primary N) is 1. The van der Waals surface area contributed by atoms with Crippen molar-refractivity contribution in [2.75, 3.05) is 24.7 Å². The third kappa shape index (κ3) is 7.70. The second-order valence-corrected chi connectivity index (χ2v) is 13.4. The predicted octanol–water partition coefficient (Wildman–Crippen LogP) is 1.13. The Morgan fingerprint density at radius 2 is 1.98 bits per heavy atom. The van der Waals surface area contributed by atoms with Gasteiger partial charge in [-0.1, -0.05) is 42.1 Å². The molecule has 3 aromatic rings. The van der Waals surface area contributed by atoms with Crippen molar-refractivity contribution in [3.8, 4) is 0 Å². The molecular weight excluding hydrogens is 639 g/mol. The number of carboxylic acids is 1. The molecule has 1 aliphatic rings. The molecule has 0 radical (unpaired) electrons. The minimum Gasteiger partial charge on any atom is -0.480 e. The zero-order chi connectivity index (χ0) is 31.6. The van der Waals surface area contributed by atoms with E-state index in [9.17, 15) is 34.3 Å². The lowest BCUT2D eigenvalue weighted by Gasteiger charge is -2.27. The Balaban J connectivity index is 0.00000529. The summed E-state index contributed by atoms with van der Waals surface area (Å²) in [5.41, 5.74) is 2.22. The summed E-state index contributed by atoms with van der Waals surface area (Å²) in [6.07, 6.45) is -2.85. The Morgan fingerprint density at radius 3 is 2.64 bits per heavy atom. The number of ether oxygens (including phenoxy) is 1. The maximum Gasteiger partial charge on any atom is 0.405 e. The molecule has 1 saturated heterocycles. The number of nitrogens with zero attached hydrogens (tertiary/aromatic N) is 3. The number of nitrogens with one attached hydrogen (secondary N) is 2. The Hall–Kier alpha value is -2.80. The number of aliphatic hydroxyl groups excluding tert-OH is 1. The van der Waals surface area contributed by atoms with Crippen molar-refractivity contribution in [3.63, 3.8) is 0 Å². The van der Waals surface area contributed by atoms with Gasteiger partial charge in [0.2, 0.25) is 11.1 Å². The first-order chi connectivity index (χ1) is 20.2. The zero-order valence-corrected chi connectivity index (χ0v) is 26.7. The highest BCUT2D eigenvalue weighted by Crippen LogP contribution is 2.47. The van der Waals surface area contributed by atoms with Crippen LogP contribution in [0.3, 0.4) is 0 Å². The van der Waals surface area contributed by atoms with Gasteiger partial charge in [-0.25, -0.2) is 14.6 Å². The number of rotatable bonds is 13. The quantitative estimate of drug-likeness (QED) is 0.0846. The van der Waals surface area contributed by atoms with Gasteiger partial charge in [-0.2, -0.15) is 18.5 Å². The number of aromatic amines is 1. The first-order valence-corrected chi connectivity index (χ1v) is 15.6. The van der Waals surface area contributed by atoms with E-state index in [0.29, 0.717) is 0 Å². The molecule has 2 unspecified atom stereocenters. The van der Waals surface area contributed by atoms with Gasteiger partial charge in [-0.15, -0.1) is 0 Å². The average molecular weight is 675 g/mol. The van der Waals surface area contributed by atoms with Gasteiger partial charge in [0.1, 0.15) is 23.2 Å². The van der Waals surface area contributed by atoms with Gasteiger partial charge in [0, 0.05) is 12.3 Å². The zero-order valence-electron chi connectivity index (χ0n) is 24.0. The van der Waals surface area contributed by atoms with Crippen LogP contribution in [0.15, 0.2) is 41.5 Å². The Kier molecular flexibility index (Phi) is 11.4. The average Bonchev–Trinajstić information content (AvgIpc) is 3.47. The second-order valence-electron chi connectivity index (χ2n) is 10.5. The van der Waals surface area contributed by atoms with Crippen molar-refractivity contribution in [1.82, 2.24) is 24.6 Å². The molecule has 0 saturated carbocycles. The summed E-state index contributed by atoms with van der Waals surface area (Å²) in [7, 11) is -4.11. The number of fused-ring (bicyclic) bond motifs is 1. The number of nitrogen functional groups attached to an aromatic ring is 1. The molecule has 242 valence electrons. The monoisotopic (exact) mass is 674 g/mol. The molecule has 0 bridgehead atoms. The molecule has 2 aromatic heterocycles. The van der Waals surface area contributed by atoms with E-state index in [1.807, 2.05) is 6.07 Å². The summed E-state index contributed by atoms with van der Waals surface area (Å²) in [6.45, 7) is 3.20. The van der Waals surface area contributed by atoms with Crippen LogP contribution in [0.1, 0.15) is 32.6 Å². The first kappa shape index (κ1) is 35.7. The fourth-order valence-corrected chi connectivity index (χ4v) is 6.37. The molecule has 0 aliphatic carbocycles. The van der Waals surface area contributed by atoms with Crippen molar-refractivity contribution < 1.29 is 43.3 Å². The van der Waals surface area contributed by atoms with Gasteiger partial charge in [0.15, 0.2) is 17.4 Å². The number of thioether (sulfide) groups is 1. The summed E-state index contributed by atoms with van der Waals surface area (Å²) in [5.74, 6) is -1.48. The number of anilines is 1. The summed E-state index contributed by atoms with van der Waals surface area (Å²) >= 11 is 0.717. The van der Waals surface area contributed by atoms with Crippen molar-refractivity contribution in [2.24, 2.45) is 5.41 Å². The lowest BCUT2D eigenvalue weighted by molar-refractivity contribution is -0.149. The van der Waals surface area contributed by atoms with E-state index >= 15 is 0 Å². The second kappa shape index (κ2) is 14.1. The number of hydrogen-bond acceptors (Lipinski definition) is 13.